The summed E-state index contributed by atoms with van der Waals surface area (Å²) in [6.45, 7) is 0.635. The lowest BCUT2D eigenvalue weighted by Crippen LogP contribution is -1.93. The van der Waals surface area contributed by atoms with Gasteiger partial charge in [-0.15, -0.1) is 0 Å². The van der Waals surface area contributed by atoms with Crippen LogP contribution in [-0.4, -0.2) is 20.1 Å². The molecular weight excluding hydrogens is 270 g/mol. The van der Waals surface area contributed by atoms with E-state index in [2.05, 4.69) is 5.16 Å². The highest BCUT2D eigenvalue weighted by atomic mass is 16.7. The minimum Gasteiger partial charge on any atom is -0.493 e. The Hall–Kier alpha value is -2.69. The van der Waals surface area contributed by atoms with Crippen molar-refractivity contribution in [3.63, 3.8) is 0 Å². The third-order valence-corrected chi connectivity index (χ3v) is 3.03. The summed E-state index contributed by atoms with van der Waals surface area (Å²) < 4.78 is 16.0. The Morgan fingerprint density at radius 1 is 1.19 bits per heavy atom. The highest BCUT2D eigenvalue weighted by molar-refractivity contribution is 5.82. The highest BCUT2D eigenvalue weighted by Gasteiger charge is 2.19. The number of fused-ring (bicyclic) bond motifs is 1. The second kappa shape index (κ2) is 6.17. The molecule has 0 radical (unpaired) electrons. The number of methoxy groups -OCH3 is 1. The zero-order valence-corrected chi connectivity index (χ0v) is 11.6. The summed E-state index contributed by atoms with van der Waals surface area (Å²) in [4.78, 5) is 5.27. The quantitative estimate of drug-likeness (QED) is 0.626. The largest absolute Gasteiger partial charge is 0.493 e. The van der Waals surface area contributed by atoms with Crippen LogP contribution in [0.1, 0.15) is 11.1 Å². The van der Waals surface area contributed by atoms with E-state index in [1.165, 1.54) is 0 Å². The fourth-order valence-electron chi connectivity index (χ4n) is 2.01. The molecule has 5 heteroatoms. The molecule has 0 unspecified atom stereocenters. The lowest BCUT2D eigenvalue weighted by atomic mass is 10.2. The second-order valence-electron chi connectivity index (χ2n) is 4.45. The molecule has 1 aliphatic heterocycles. The smallest absolute Gasteiger partial charge is 0.231 e. The van der Waals surface area contributed by atoms with E-state index in [0.717, 1.165) is 11.1 Å². The molecule has 0 amide bonds. The topological polar surface area (TPSA) is 49.3 Å². The zero-order chi connectivity index (χ0) is 14.5. The number of ether oxygens (including phenoxy) is 3. The maximum Gasteiger partial charge on any atom is 0.231 e. The monoisotopic (exact) mass is 285 g/mol. The normalized spacial score (nSPS) is 12.6. The molecule has 0 saturated heterocycles. The van der Waals surface area contributed by atoms with Crippen LogP contribution in [0.2, 0.25) is 0 Å². The Morgan fingerprint density at radius 3 is 2.86 bits per heavy atom. The van der Waals surface area contributed by atoms with Crippen LogP contribution in [0.4, 0.5) is 0 Å². The minimum atomic E-state index is 0.205. The van der Waals surface area contributed by atoms with Crippen LogP contribution in [-0.2, 0) is 11.4 Å². The Balaban J connectivity index is 1.66. The number of hydrogen-bond acceptors (Lipinski definition) is 5. The molecule has 0 N–H and O–H groups in total. The summed E-state index contributed by atoms with van der Waals surface area (Å²) in [5, 5.41) is 3.96. The van der Waals surface area contributed by atoms with E-state index in [1.54, 1.807) is 13.3 Å². The Morgan fingerprint density at radius 2 is 2.05 bits per heavy atom. The van der Waals surface area contributed by atoms with Gasteiger partial charge >= 0.3 is 0 Å². The number of rotatable bonds is 5. The lowest BCUT2D eigenvalue weighted by Gasteiger charge is -2.05. The molecule has 0 spiro atoms. The van der Waals surface area contributed by atoms with Crippen LogP contribution in [0, 0.1) is 0 Å². The predicted molar refractivity (Wildman–Crippen MR) is 77.9 cm³/mol. The first-order chi connectivity index (χ1) is 10.4. The van der Waals surface area contributed by atoms with E-state index in [-0.39, 0.29) is 6.79 Å². The van der Waals surface area contributed by atoms with Crippen LogP contribution in [0.15, 0.2) is 47.6 Å². The number of hydrogen-bond donors (Lipinski definition) is 0. The molecule has 0 aromatic heterocycles. The molecule has 108 valence electrons. The van der Waals surface area contributed by atoms with Crippen molar-refractivity contribution in [2.75, 3.05) is 13.9 Å². The van der Waals surface area contributed by atoms with Crippen molar-refractivity contribution in [1.82, 2.24) is 0 Å². The molecule has 0 fully saturated rings. The Labute approximate surface area is 122 Å². The van der Waals surface area contributed by atoms with Gasteiger partial charge < -0.3 is 19.0 Å². The van der Waals surface area contributed by atoms with E-state index < -0.39 is 0 Å². The molecule has 0 bridgehead atoms. The molecular formula is C16H15NO4. The average molecular weight is 285 g/mol. The fraction of sp³-hybridized carbons (Fsp3) is 0.188. The van der Waals surface area contributed by atoms with Gasteiger partial charge in [-0.3, -0.25) is 0 Å². The Bertz CT molecular complexity index is 640. The number of benzene rings is 2. The fourth-order valence-corrected chi connectivity index (χ4v) is 2.01. The molecule has 0 aliphatic carbocycles. The van der Waals surface area contributed by atoms with E-state index in [4.69, 9.17) is 19.0 Å². The van der Waals surface area contributed by atoms with Gasteiger partial charge in [0, 0.05) is 5.56 Å². The van der Waals surface area contributed by atoms with Crippen LogP contribution in [0.5, 0.6) is 17.2 Å². The van der Waals surface area contributed by atoms with E-state index in [0.29, 0.717) is 23.9 Å². The van der Waals surface area contributed by atoms with Gasteiger partial charge in [-0.05, 0) is 17.7 Å². The van der Waals surface area contributed by atoms with Crippen molar-refractivity contribution in [3.05, 3.63) is 53.6 Å². The van der Waals surface area contributed by atoms with Crippen molar-refractivity contribution in [2.24, 2.45) is 5.16 Å². The first kappa shape index (κ1) is 13.3. The SMILES string of the molecule is COc1cc(C=NOCc2ccccc2)cc2c1OCO2. The molecule has 1 heterocycles. The second-order valence-corrected chi connectivity index (χ2v) is 4.45. The molecule has 21 heavy (non-hydrogen) atoms. The summed E-state index contributed by atoms with van der Waals surface area (Å²) in [7, 11) is 1.59. The number of nitrogens with zero attached hydrogens (tertiary/aromatic N) is 1. The predicted octanol–water partition coefficient (Wildman–Crippen LogP) is 2.97. The van der Waals surface area contributed by atoms with Crippen molar-refractivity contribution in [1.29, 1.82) is 0 Å². The number of oxime groups is 1. The first-order valence-electron chi connectivity index (χ1n) is 6.54. The maximum atomic E-state index is 5.35. The molecule has 3 rings (SSSR count). The summed E-state index contributed by atoms with van der Waals surface area (Å²) in [5.74, 6) is 1.90. The average Bonchev–Trinajstić information content (AvgIpc) is 3.00. The van der Waals surface area contributed by atoms with Gasteiger partial charge in [0.05, 0.1) is 13.3 Å². The van der Waals surface area contributed by atoms with Gasteiger partial charge in [-0.2, -0.15) is 0 Å². The highest BCUT2D eigenvalue weighted by Crippen LogP contribution is 2.41. The van der Waals surface area contributed by atoms with Crippen LogP contribution in [0.3, 0.4) is 0 Å². The first-order valence-corrected chi connectivity index (χ1v) is 6.54. The zero-order valence-electron chi connectivity index (χ0n) is 11.6. The van der Waals surface area contributed by atoms with E-state index >= 15 is 0 Å². The molecule has 5 nitrogen and oxygen atoms in total. The van der Waals surface area contributed by atoms with Crippen LogP contribution in [0.25, 0.3) is 0 Å². The summed E-state index contributed by atoms with van der Waals surface area (Å²) in [6, 6.07) is 13.5. The van der Waals surface area contributed by atoms with Crippen molar-refractivity contribution >= 4 is 6.21 Å². The van der Waals surface area contributed by atoms with Gasteiger partial charge in [0.1, 0.15) is 6.61 Å². The van der Waals surface area contributed by atoms with Crippen molar-refractivity contribution in [2.45, 2.75) is 6.61 Å². The van der Waals surface area contributed by atoms with E-state index in [1.807, 2.05) is 42.5 Å². The summed E-state index contributed by atoms with van der Waals surface area (Å²) in [6.07, 6.45) is 1.62. The van der Waals surface area contributed by atoms with Crippen LogP contribution >= 0.6 is 0 Å². The maximum absolute atomic E-state index is 5.35. The summed E-state index contributed by atoms with van der Waals surface area (Å²) in [5.41, 5.74) is 1.89. The van der Waals surface area contributed by atoms with Gasteiger partial charge in [-0.1, -0.05) is 35.5 Å². The molecule has 2 aromatic rings. The summed E-state index contributed by atoms with van der Waals surface area (Å²) >= 11 is 0. The van der Waals surface area contributed by atoms with E-state index in [9.17, 15) is 0 Å². The standard InChI is InChI=1S/C16H15NO4/c1-18-14-7-13(8-15-16(14)20-11-19-15)9-17-21-10-12-5-3-2-4-6-12/h2-9H,10-11H2,1H3. The van der Waals surface area contributed by atoms with Crippen LogP contribution < -0.4 is 14.2 Å². The van der Waals surface area contributed by atoms with Gasteiger partial charge in [0.2, 0.25) is 12.5 Å². The van der Waals surface area contributed by atoms with Gasteiger partial charge in [0.25, 0.3) is 0 Å². The Kier molecular flexibility index (Phi) is 3.91. The third-order valence-electron chi connectivity index (χ3n) is 3.03. The van der Waals surface area contributed by atoms with Crippen molar-refractivity contribution in [3.8, 4) is 17.2 Å². The molecule has 0 atom stereocenters. The van der Waals surface area contributed by atoms with Gasteiger partial charge in [0.15, 0.2) is 11.5 Å². The van der Waals surface area contributed by atoms with Crippen molar-refractivity contribution < 1.29 is 19.0 Å². The lowest BCUT2D eigenvalue weighted by molar-refractivity contribution is 0.132. The third kappa shape index (κ3) is 3.08. The molecule has 1 aliphatic rings. The minimum absolute atomic E-state index is 0.205. The molecule has 0 saturated carbocycles. The molecule has 2 aromatic carbocycles. The van der Waals surface area contributed by atoms with Gasteiger partial charge in [-0.25, -0.2) is 0 Å².